The highest BCUT2D eigenvalue weighted by atomic mass is 16.6. The van der Waals surface area contributed by atoms with Crippen molar-refractivity contribution in [3.05, 3.63) is 87.0 Å². The van der Waals surface area contributed by atoms with E-state index in [2.05, 4.69) is 24.1 Å². The molecule has 0 atom stereocenters. The van der Waals surface area contributed by atoms with Crippen molar-refractivity contribution < 1.29 is 14.1 Å². The number of nitrogens with one attached hydrogen (secondary N) is 1. The highest BCUT2D eigenvalue weighted by molar-refractivity contribution is 6.05. The molecule has 1 amide bonds. The number of nitro groups is 1. The zero-order chi connectivity index (χ0) is 23.0. The van der Waals surface area contributed by atoms with Crippen LogP contribution in [0.25, 0.3) is 22.6 Å². The van der Waals surface area contributed by atoms with Gasteiger partial charge in [-0.1, -0.05) is 26.0 Å². The third-order valence-corrected chi connectivity index (χ3v) is 5.47. The van der Waals surface area contributed by atoms with Crippen LogP contribution in [0.4, 0.5) is 11.4 Å². The van der Waals surface area contributed by atoms with Gasteiger partial charge in [0.15, 0.2) is 5.58 Å². The number of carbonyl (C=O) groups excluding carboxylic acids is 1. The number of rotatable bonds is 5. The zero-order valence-corrected chi connectivity index (χ0v) is 18.3. The number of oxazole rings is 1. The van der Waals surface area contributed by atoms with Gasteiger partial charge in [0, 0.05) is 28.4 Å². The number of aromatic nitrogens is 1. The van der Waals surface area contributed by atoms with Crippen molar-refractivity contribution >= 4 is 28.4 Å². The molecule has 7 heteroatoms. The first-order chi connectivity index (χ1) is 15.2. The van der Waals surface area contributed by atoms with E-state index in [4.69, 9.17) is 4.42 Å². The molecule has 0 fully saturated rings. The first-order valence-electron chi connectivity index (χ1n) is 10.3. The van der Waals surface area contributed by atoms with Gasteiger partial charge >= 0.3 is 0 Å². The van der Waals surface area contributed by atoms with E-state index >= 15 is 0 Å². The summed E-state index contributed by atoms with van der Waals surface area (Å²) in [6.45, 7) is 7.76. The van der Waals surface area contributed by atoms with E-state index in [-0.39, 0.29) is 11.6 Å². The standard InChI is InChI=1S/C25H23N3O4/c1-14(2)17-8-10-23-21(12-17)27-25(32-23)19-6-5-15(3)20(13-19)26-24(29)18-7-9-22(28(30)31)16(4)11-18/h5-14H,1-4H3,(H,26,29). The number of anilines is 1. The summed E-state index contributed by atoms with van der Waals surface area (Å²) < 4.78 is 5.94. The second-order valence-electron chi connectivity index (χ2n) is 8.14. The SMILES string of the molecule is Cc1ccc(-c2nc3cc(C(C)C)ccc3o2)cc1NC(=O)c1ccc([N+](=O)[O-])c(C)c1. The van der Waals surface area contributed by atoms with Crippen LogP contribution >= 0.6 is 0 Å². The van der Waals surface area contributed by atoms with E-state index in [1.807, 2.05) is 43.3 Å². The molecule has 0 aliphatic heterocycles. The van der Waals surface area contributed by atoms with E-state index in [1.54, 1.807) is 6.92 Å². The Morgan fingerprint density at radius 2 is 1.81 bits per heavy atom. The minimum Gasteiger partial charge on any atom is -0.436 e. The predicted molar refractivity (Wildman–Crippen MR) is 124 cm³/mol. The first kappa shape index (κ1) is 21.2. The Kier molecular flexibility index (Phi) is 5.48. The molecule has 0 spiro atoms. The Hall–Kier alpha value is -4.00. The van der Waals surface area contributed by atoms with E-state index in [9.17, 15) is 14.9 Å². The summed E-state index contributed by atoms with van der Waals surface area (Å²) in [5, 5.41) is 13.9. The molecule has 0 bridgehead atoms. The fourth-order valence-electron chi connectivity index (χ4n) is 3.51. The summed E-state index contributed by atoms with van der Waals surface area (Å²) in [5.41, 5.74) is 5.68. The molecular weight excluding hydrogens is 406 g/mol. The number of aryl methyl sites for hydroxylation is 2. The highest BCUT2D eigenvalue weighted by Gasteiger charge is 2.16. The number of nitro benzene ring substituents is 1. The fourth-order valence-corrected chi connectivity index (χ4v) is 3.51. The van der Waals surface area contributed by atoms with Crippen LogP contribution in [0.15, 0.2) is 59.0 Å². The molecule has 162 valence electrons. The third kappa shape index (κ3) is 4.09. The summed E-state index contributed by atoms with van der Waals surface area (Å²) in [4.78, 5) is 28.0. The van der Waals surface area contributed by atoms with Gasteiger partial charge in [-0.05, 0) is 67.3 Å². The lowest BCUT2D eigenvalue weighted by Crippen LogP contribution is -2.13. The van der Waals surface area contributed by atoms with Gasteiger partial charge < -0.3 is 9.73 Å². The minimum absolute atomic E-state index is 0.0173. The van der Waals surface area contributed by atoms with Crippen molar-refractivity contribution in [1.82, 2.24) is 4.98 Å². The Labute approximate surface area is 185 Å². The Morgan fingerprint density at radius 3 is 2.50 bits per heavy atom. The molecule has 0 saturated heterocycles. The third-order valence-electron chi connectivity index (χ3n) is 5.47. The average molecular weight is 429 g/mol. The molecule has 0 unspecified atom stereocenters. The Balaban J connectivity index is 1.63. The number of hydrogen-bond donors (Lipinski definition) is 1. The van der Waals surface area contributed by atoms with Crippen LogP contribution in [0.3, 0.4) is 0 Å². The van der Waals surface area contributed by atoms with Crippen LogP contribution < -0.4 is 5.32 Å². The van der Waals surface area contributed by atoms with Crippen LogP contribution in [0.5, 0.6) is 0 Å². The van der Waals surface area contributed by atoms with Crippen LogP contribution in [0.1, 0.15) is 46.8 Å². The second kappa shape index (κ2) is 8.26. The van der Waals surface area contributed by atoms with E-state index in [0.717, 1.165) is 16.6 Å². The van der Waals surface area contributed by atoms with E-state index in [1.165, 1.54) is 23.8 Å². The molecule has 0 saturated carbocycles. The van der Waals surface area contributed by atoms with Crippen molar-refractivity contribution in [2.45, 2.75) is 33.6 Å². The monoisotopic (exact) mass is 429 g/mol. The molecule has 4 aromatic rings. The number of nitrogens with zero attached hydrogens (tertiary/aromatic N) is 2. The Bertz CT molecular complexity index is 1350. The largest absolute Gasteiger partial charge is 0.436 e. The summed E-state index contributed by atoms with van der Waals surface area (Å²) in [6, 6.07) is 15.9. The van der Waals surface area contributed by atoms with Gasteiger partial charge in [-0.2, -0.15) is 0 Å². The van der Waals surface area contributed by atoms with Crippen LogP contribution in [0, 0.1) is 24.0 Å². The number of carbonyl (C=O) groups is 1. The maximum Gasteiger partial charge on any atom is 0.272 e. The lowest BCUT2D eigenvalue weighted by atomic mass is 10.0. The highest BCUT2D eigenvalue weighted by Crippen LogP contribution is 2.30. The van der Waals surface area contributed by atoms with Crippen molar-refractivity contribution in [2.24, 2.45) is 0 Å². The van der Waals surface area contributed by atoms with Gasteiger partial charge in [-0.25, -0.2) is 4.98 Å². The van der Waals surface area contributed by atoms with Crippen molar-refractivity contribution in [3.63, 3.8) is 0 Å². The molecule has 4 rings (SSSR count). The van der Waals surface area contributed by atoms with Gasteiger partial charge in [0.25, 0.3) is 11.6 Å². The van der Waals surface area contributed by atoms with Crippen molar-refractivity contribution in [2.75, 3.05) is 5.32 Å². The summed E-state index contributed by atoms with van der Waals surface area (Å²) >= 11 is 0. The smallest absolute Gasteiger partial charge is 0.272 e. The number of benzene rings is 3. The van der Waals surface area contributed by atoms with E-state index < -0.39 is 4.92 Å². The van der Waals surface area contributed by atoms with Gasteiger partial charge in [0.2, 0.25) is 5.89 Å². The zero-order valence-electron chi connectivity index (χ0n) is 18.3. The van der Waals surface area contributed by atoms with Gasteiger partial charge in [0.1, 0.15) is 5.52 Å². The lowest BCUT2D eigenvalue weighted by molar-refractivity contribution is -0.385. The van der Waals surface area contributed by atoms with Crippen LogP contribution in [-0.4, -0.2) is 15.8 Å². The molecule has 0 radical (unpaired) electrons. The maximum atomic E-state index is 12.8. The van der Waals surface area contributed by atoms with Crippen LogP contribution in [-0.2, 0) is 0 Å². The molecule has 0 aliphatic carbocycles. The number of hydrogen-bond acceptors (Lipinski definition) is 5. The molecule has 1 N–H and O–H groups in total. The lowest BCUT2D eigenvalue weighted by Gasteiger charge is -2.10. The topological polar surface area (TPSA) is 98.3 Å². The number of fused-ring (bicyclic) bond motifs is 1. The van der Waals surface area contributed by atoms with Crippen LogP contribution in [0.2, 0.25) is 0 Å². The minimum atomic E-state index is -0.463. The quantitative estimate of drug-likeness (QED) is 0.292. The van der Waals surface area contributed by atoms with Gasteiger partial charge in [-0.3, -0.25) is 14.9 Å². The maximum absolute atomic E-state index is 12.8. The molecule has 7 nitrogen and oxygen atoms in total. The molecule has 1 aromatic heterocycles. The summed E-state index contributed by atoms with van der Waals surface area (Å²) in [6.07, 6.45) is 0. The molecule has 1 heterocycles. The first-order valence-corrected chi connectivity index (χ1v) is 10.3. The van der Waals surface area contributed by atoms with Gasteiger partial charge in [-0.15, -0.1) is 0 Å². The normalized spacial score (nSPS) is 11.2. The summed E-state index contributed by atoms with van der Waals surface area (Å²) in [7, 11) is 0. The summed E-state index contributed by atoms with van der Waals surface area (Å²) in [5.74, 6) is 0.522. The van der Waals surface area contributed by atoms with Crippen molar-refractivity contribution in [3.8, 4) is 11.5 Å². The predicted octanol–water partition coefficient (Wildman–Crippen LogP) is 6.40. The molecule has 3 aromatic carbocycles. The van der Waals surface area contributed by atoms with E-state index in [0.29, 0.717) is 34.2 Å². The second-order valence-corrected chi connectivity index (χ2v) is 8.14. The Morgan fingerprint density at radius 1 is 1.03 bits per heavy atom. The molecule has 32 heavy (non-hydrogen) atoms. The molecular formula is C25H23N3O4. The number of amides is 1. The van der Waals surface area contributed by atoms with Crippen molar-refractivity contribution in [1.29, 1.82) is 0 Å². The average Bonchev–Trinajstić information content (AvgIpc) is 3.18. The van der Waals surface area contributed by atoms with Gasteiger partial charge in [0.05, 0.1) is 4.92 Å². The molecule has 0 aliphatic rings. The fraction of sp³-hybridized carbons (Fsp3) is 0.200.